The van der Waals surface area contributed by atoms with Crippen LogP contribution in [0.5, 0.6) is 0 Å². The fraction of sp³-hybridized carbons (Fsp3) is 0.222. The average molecular weight is 326 g/mol. The molecular weight excluding hydrogens is 308 g/mol. The minimum absolute atomic E-state index is 0.227. The molecule has 0 amide bonds. The summed E-state index contributed by atoms with van der Waals surface area (Å²) in [6.07, 6.45) is 8.30. The summed E-state index contributed by atoms with van der Waals surface area (Å²) >= 11 is 1.42. The summed E-state index contributed by atoms with van der Waals surface area (Å²) in [5, 5.41) is 8.16. The molecule has 0 bridgehead atoms. The van der Waals surface area contributed by atoms with Crippen molar-refractivity contribution in [2.45, 2.75) is 23.1 Å². The van der Waals surface area contributed by atoms with Crippen molar-refractivity contribution in [2.24, 2.45) is 0 Å². The Bertz CT molecular complexity index is 736. The van der Waals surface area contributed by atoms with Crippen molar-refractivity contribution in [2.75, 3.05) is 6.61 Å². The largest absolute Gasteiger partial charge is 0.465 e. The fourth-order valence-corrected chi connectivity index (χ4v) is 3.54. The second-order valence-corrected chi connectivity index (χ2v) is 6.54. The van der Waals surface area contributed by atoms with Gasteiger partial charge in [-0.1, -0.05) is 66.4 Å². The van der Waals surface area contributed by atoms with Crippen LogP contribution in [0, 0.1) is 0 Å². The van der Waals surface area contributed by atoms with Crippen LogP contribution >= 0.6 is 11.8 Å². The van der Waals surface area contributed by atoms with Gasteiger partial charge in [0.2, 0.25) is 0 Å². The molecular formula is C18H18N2O2S. The first kappa shape index (κ1) is 15.6. The van der Waals surface area contributed by atoms with Crippen LogP contribution in [0.2, 0.25) is 0 Å². The third-order valence-corrected chi connectivity index (χ3v) is 4.83. The van der Waals surface area contributed by atoms with E-state index in [-0.39, 0.29) is 5.97 Å². The average Bonchev–Trinajstić information content (AvgIpc) is 3.05. The monoisotopic (exact) mass is 326 g/mol. The van der Waals surface area contributed by atoms with Crippen LogP contribution in [0.3, 0.4) is 0 Å². The molecule has 2 aromatic rings. The zero-order chi connectivity index (χ0) is 16.1. The Kier molecular flexibility index (Phi) is 4.67. The number of nitrogens with zero attached hydrogens (tertiary/aromatic N) is 1. The smallest absolute Gasteiger partial charge is 0.326 e. The van der Waals surface area contributed by atoms with Crippen LogP contribution in [-0.2, 0) is 9.53 Å². The van der Waals surface area contributed by atoms with Crippen molar-refractivity contribution in [1.82, 2.24) is 10.2 Å². The molecule has 1 atom stereocenters. The zero-order valence-corrected chi connectivity index (χ0v) is 13.7. The van der Waals surface area contributed by atoms with Crippen molar-refractivity contribution in [3.8, 4) is 11.3 Å². The van der Waals surface area contributed by atoms with E-state index in [9.17, 15) is 4.79 Å². The first-order chi connectivity index (χ1) is 11.2. The summed E-state index contributed by atoms with van der Waals surface area (Å²) in [6.45, 7) is 2.19. The molecule has 0 spiro atoms. The van der Waals surface area contributed by atoms with Crippen molar-refractivity contribution >= 4 is 17.7 Å². The van der Waals surface area contributed by atoms with E-state index in [1.807, 2.05) is 67.6 Å². The molecule has 0 aliphatic heterocycles. The Balaban J connectivity index is 1.84. The molecule has 0 fully saturated rings. The molecule has 1 aromatic heterocycles. The highest BCUT2D eigenvalue weighted by Crippen LogP contribution is 2.40. The molecule has 0 saturated carbocycles. The lowest BCUT2D eigenvalue weighted by Gasteiger charge is -2.27. The van der Waals surface area contributed by atoms with E-state index in [0.29, 0.717) is 13.0 Å². The molecule has 4 nitrogen and oxygen atoms in total. The van der Waals surface area contributed by atoms with Gasteiger partial charge in [-0.15, -0.1) is 0 Å². The molecule has 1 heterocycles. The highest BCUT2D eigenvalue weighted by molar-refractivity contribution is 8.01. The number of carbonyl (C=O) groups excluding carboxylic acids is 1. The molecule has 1 aliphatic rings. The normalized spacial score (nSPS) is 19.7. The molecule has 1 aliphatic carbocycles. The van der Waals surface area contributed by atoms with Gasteiger partial charge >= 0.3 is 5.97 Å². The molecule has 0 saturated heterocycles. The first-order valence-corrected chi connectivity index (χ1v) is 8.36. The highest BCUT2D eigenvalue weighted by Gasteiger charge is 2.39. The molecule has 0 radical (unpaired) electrons. The maximum Gasteiger partial charge on any atom is 0.326 e. The molecule has 5 heteroatoms. The Morgan fingerprint density at radius 3 is 2.87 bits per heavy atom. The van der Waals surface area contributed by atoms with Gasteiger partial charge in [0, 0.05) is 0 Å². The number of carbonyl (C=O) groups is 1. The number of esters is 1. The Morgan fingerprint density at radius 1 is 1.35 bits per heavy atom. The number of benzene rings is 1. The zero-order valence-electron chi connectivity index (χ0n) is 12.9. The van der Waals surface area contributed by atoms with Gasteiger partial charge in [-0.2, -0.15) is 5.10 Å². The van der Waals surface area contributed by atoms with Crippen LogP contribution in [-0.4, -0.2) is 27.5 Å². The van der Waals surface area contributed by atoms with Gasteiger partial charge in [-0.25, -0.2) is 0 Å². The van der Waals surface area contributed by atoms with Crippen molar-refractivity contribution in [3.63, 3.8) is 0 Å². The summed E-state index contributed by atoms with van der Waals surface area (Å²) in [5.74, 6) is -0.227. The number of allylic oxidation sites excluding steroid dienone is 3. The van der Waals surface area contributed by atoms with Crippen LogP contribution in [0.4, 0.5) is 0 Å². The minimum atomic E-state index is -0.742. The number of aromatic nitrogens is 2. The second-order valence-electron chi connectivity index (χ2n) is 5.19. The lowest BCUT2D eigenvalue weighted by molar-refractivity contribution is -0.144. The standard InChI is InChI=1S/C18H18N2O2S/c1-2-22-17(21)18(11-7-4-8-12-18)23-16-13-15(19-20-16)14-9-5-3-6-10-14/h3-11,13H,2,12H2,1H3,(H,19,20). The lowest BCUT2D eigenvalue weighted by Crippen LogP contribution is -2.35. The summed E-state index contributed by atoms with van der Waals surface area (Å²) in [6, 6.07) is 12.0. The number of hydrogen-bond donors (Lipinski definition) is 1. The van der Waals surface area contributed by atoms with Gasteiger partial charge in [0.1, 0.15) is 9.77 Å². The molecule has 1 N–H and O–H groups in total. The van der Waals surface area contributed by atoms with E-state index in [0.717, 1.165) is 16.3 Å². The quantitative estimate of drug-likeness (QED) is 0.844. The summed E-state index contributed by atoms with van der Waals surface area (Å²) in [4.78, 5) is 12.4. The molecule has 118 valence electrons. The summed E-state index contributed by atoms with van der Waals surface area (Å²) < 4.78 is 4.52. The van der Waals surface area contributed by atoms with E-state index in [1.165, 1.54) is 11.8 Å². The van der Waals surface area contributed by atoms with E-state index < -0.39 is 4.75 Å². The number of thioether (sulfide) groups is 1. The predicted octanol–water partition coefficient (Wildman–Crippen LogP) is 3.99. The number of H-pyrrole nitrogens is 1. The van der Waals surface area contributed by atoms with Crippen LogP contribution in [0.15, 0.2) is 65.7 Å². The maximum atomic E-state index is 12.4. The number of aromatic amines is 1. The van der Waals surface area contributed by atoms with Crippen molar-refractivity contribution in [1.29, 1.82) is 0 Å². The van der Waals surface area contributed by atoms with Gasteiger partial charge in [0.15, 0.2) is 0 Å². The summed E-state index contributed by atoms with van der Waals surface area (Å²) in [5.41, 5.74) is 2.00. The number of rotatable bonds is 5. The van der Waals surface area contributed by atoms with Gasteiger partial charge < -0.3 is 4.74 Å². The van der Waals surface area contributed by atoms with Crippen LogP contribution in [0.1, 0.15) is 13.3 Å². The summed E-state index contributed by atoms with van der Waals surface area (Å²) in [7, 11) is 0. The topological polar surface area (TPSA) is 55.0 Å². The van der Waals surface area contributed by atoms with Gasteiger partial charge in [0.25, 0.3) is 0 Å². The fourth-order valence-electron chi connectivity index (χ4n) is 2.43. The third-order valence-electron chi connectivity index (χ3n) is 3.58. The molecule has 1 aromatic carbocycles. The highest BCUT2D eigenvalue weighted by atomic mass is 32.2. The molecule has 3 rings (SSSR count). The second kappa shape index (κ2) is 6.87. The van der Waals surface area contributed by atoms with Gasteiger partial charge in [-0.05, 0) is 25.0 Å². The molecule has 1 unspecified atom stereocenters. The Morgan fingerprint density at radius 2 is 2.17 bits per heavy atom. The Hall–Kier alpha value is -2.27. The van der Waals surface area contributed by atoms with Gasteiger partial charge in [-0.3, -0.25) is 9.89 Å². The van der Waals surface area contributed by atoms with Crippen LogP contribution in [0.25, 0.3) is 11.3 Å². The van der Waals surface area contributed by atoms with Crippen molar-refractivity contribution in [3.05, 3.63) is 60.7 Å². The first-order valence-electron chi connectivity index (χ1n) is 7.55. The van der Waals surface area contributed by atoms with Crippen LogP contribution < -0.4 is 0 Å². The van der Waals surface area contributed by atoms with E-state index in [4.69, 9.17) is 4.74 Å². The number of nitrogens with one attached hydrogen (secondary N) is 1. The third kappa shape index (κ3) is 3.40. The maximum absolute atomic E-state index is 12.4. The minimum Gasteiger partial charge on any atom is -0.465 e. The predicted molar refractivity (Wildman–Crippen MR) is 92.1 cm³/mol. The van der Waals surface area contributed by atoms with E-state index in [2.05, 4.69) is 10.2 Å². The number of ether oxygens (including phenoxy) is 1. The number of hydrogen-bond acceptors (Lipinski definition) is 4. The molecule has 23 heavy (non-hydrogen) atoms. The SMILES string of the molecule is CCOC(=O)C1(Sc2cc(-c3ccccc3)[nH]n2)C=CC=CC1. The van der Waals surface area contributed by atoms with E-state index in [1.54, 1.807) is 0 Å². The lowest BCUT2D eigenvalue weighted by atomic mass is 10.00. The van der Waals surface area contributed by atoms with Crippen molar-refractivity contribution < 1.29 is 9.53 Å². The Labute approximate surface area is 139 Å². The van der Waals surface area contributed by atoms with E-state index >= 15 is 0 Å². The van der Waals surface area contributed by atoms with Gasteiger partial charge in [0.05, 0.1) is 12.3 Å².